The minimum absolute atomic E-state index is 0.594. The SMILES string of the molecule is CCNC(c1ccc(CC)c(CC)c1)C1CC1. The fourth-order valence-electron chi connectivity index (χ4n) is 2.72. The first-order valence-electron chi connectivity index (χ1n) is 7.15. The van der Waals surface area contributed by atoms with E-state index in [0.29, 0.717) is 6.04 Å². The molecule has 0 aliphatic heterocycles. The van der Waals surface area contributed by atoms with E-state index in [-0.39, 0.29) is 0 Å². The highest BCUT2D eigenvalue weighted by Crippen LogP contribution is 2.41. The molecule has 0 radical (unpaired) electrons. The minimum Gasteiger partial charge on any atom is -0.310 e. The number of hydrogen-bond acceptors (Lipinski definition) is 1. The Morgan fingerprint density at radius 1 is 1.12 bits per heavy atom. The van der Waals surface area contributed by atoms with Crippen LogP contribution in [0.4, 0.5) is 0 Å². The zero-order chi connectivity index (χ0) is 12.3. The molecule has 1 aromatic carbocycles. The van der Waals surface area contributed by atoms with Crippen molar-refractivity contribution in [1.29, 1.82) is 0 Å². The van der Waals surface area contributed by atoms with Crippen LogP contribution in [-0.4, -0.2) is 6.54 Å². The van der Waals surface area contributed by atoms with Crippen LogP contribution < -0.4 is 5.32 Å². The van der Waals surface area contributed by atoms with Crippen molar-refractivity contribution in [3.8, 4) is 0 Å². The second-order valence-electron chi connectivity index (χ2n) is 5.11. The molecular weight excluding hydrogens is 206 g/mol. The number of rotatable bonds is 6. The van der Waals surface area contributed by atoms with E-state index in [9.17, 15) is 0 Å². The molecule has 1 heteroatoms. The minimum atomic E-state index is 0.594. The lowest BCUT2D eigenvalue weighted by Gasteiger charge is -2.19. The van der Waals surface area contributed by atoms with Crippen molar-refractivity contribution >= 4 is 0 Å². The van der Waals surface area contributed by atoms with Crippen LogP contribution in [0.15, 0.2) is 18.2 Å². The molecule has 0 aromatic heterocycles. The molecule has 1 atom stereocenters. The van der Waals surface area contributed by atoms with Crippen LogP contribution in [0, 0.1) is 5.92 Å². The third-order valence-electron chi connectivity index (χ3n) is 3.87. The van der Waals surface area contributed by atoms with E-state index < -0.39 is 0 Å². The molecule has 0 heterocycles. The van der Waals surface area contributed by atoms with Gasteiger partial charge in [0.25, 0.3) is 0 Å². The molecule has 2 rings (SSSR count). The van der Waals surface area contributed by atoms with E-state index in [1.165, 1.54) is 29.5 Å². The molecule has 94 valence electrons. The quantitative estimate of drug-likeness (QED) is 0.783. The van der Waals surface area contributed by atoms with Gasteiger partial charge in [-0.25, -0.2) is 0 Å². The Hall–Kier alpha value is -0.820. The van der Waals surface area contributed by atoms with E-state index in [1.807, 2.05) is 0 Å². The Kier molecular flexibility index (Phi) is 4.22. The van der Waals surface area contributed by atoms with Gasteiger partial charge in [-0.1, -0.05) is 39.0 Å². The van der Waals surface area contributed by atoms with Crippen LogP contribution in [0.3, 0.4) is 0 Å². The standard InChI is InChI=1S/C16H25N/c1-4-12-7-10-15(11-13(12)5-2)16(17-6-3)14-8-9-14/h7,10-11,14,16-17H,4-6,8-9H2,1-3H3. The lowest BCUT2D eigenvalue weighted by molar-refractivity contribution is 0.495. The average Bonchev–Trinajstić information content (AvgIpc) is 3.19. The molecule has 1 N–H and O–H groups in total. The van der Waals surface area contributed by atoms with Crippen molar-refractivity contribution in [1.82, 2.24) is 5.32 Å². The molecule has 1 aliphatic carbocycles. The number of aryl methyl sites for hydroxylation is 2. The lowest BCUT2D eigenvalue weighted by atomic mass is 9.95. The Balaban J connectivity index is 2.24. The second-order valence-corrected chi connectivity index (χ2v) is 5.11. The Morgan fingerprint density at radius 2 is 1.82 bits per heavy atom. The smallest absolute Gasteiger partial charge is 0.0348 e. The monoisotopic (exact) mass is 231 g/mol. The highest BCUT2D eigenvalue weighted by Gasteiger charge is 2.31. The van der Waals surface area contributed by atoms with Crippen LogP contribution in [0.5, 0.6) is 0 Å². The van der Waals surface area contributed by atoms with E-state index >= 15 is 0 Å². The Bertz CT molecular complexity index is 366. The number of hydrogen-bond donors (Lipinski definition) is 1. The highest BCUT2D eigenvalue weighted by atomic mass is 14.9. The van der Waals surface area contributed by atoms with Crippen molar-refractivity contribution in [3.05, 3.63) is 34.9 Å². The first kappa shape index (κ1) is 12.6. The van der Waals surface area contributed by atoms with E-state index in [4.69, 9.17) is 0 Å². The van der Waals surface area contributed by atoms with Gasteiger partial charge in [0.05, 0.1) is 0 Å². The van der Waals surface area contributed by atoms with Gasteiger partial charge in [0.15, 0.2) is 0 Å². The summed E-state index contributed by atoms with van der Waals surface area (Å²) in [5.41, 5.74) is 4.55. The summed E-state index contributed by atoms with van der Waals surface area (Å²) in [6.07, 6.45) is 5.10. The zero-order valence-electron chi connectivity index (χ0n) is 11.4. The van der Waals surface area contributed by atoms with Crippen molar-refractivity contribution in [3.63, 3.8) is 0 Å². The topological polar surface area (TPSA) is 12.0 Å². The predicted octanol–water partition coefficient (Wildman–Crippen LogP) is 3.87. The largest absolute Gasteiger partial charge is 0.310 e. The summed E-state index contributed by atoms with van der Waals surface area (Å²) >= 11 is 0. The lowest BCUT2D eigenvalue weighted by Crippen LogP contribution is -2.22. The number of nitrogens with one attached hydrogen (secondary N) is 1. The van der Waals surface area contributed by atoms with Crippen LogP contribution in [-0.2, 0) is 12.8 Å². The van der Waals surface area contributed by atoms with Gasteiger partial charge in [0, 0.05) is 6.04 Å². The van der Waals surface area contributed by atoms with Gasteiger partial charge < -0.3 is 5.32 Å². The molecule has 1 unspecified atom stereocenters. The molecule has 1 saturated carbocycles. The van der Waals surface area contributed by atoms with E-state index in [1.54, 1.807) is 0 Å². The Labute approximate surface area is 106 Å². The van der Waals surface area contributed by atoms with Crippen LogP contribution >= 0.6 is 0 Å². The maximum atomic E-state index is 3.65. The van der Waals surface area contributed by atoms with Gasteiger partial charge in [-0.15, -0.1) is 0 Å². The predicted molar refractivity (Wildman–Crippen MR) is 74.3 cm³/mol. The molecule has 17 heavy (non-hydrogen) atoms. The molecule has 0 saturated heterocycles. The third kappa shape index (κ3) is 2.90. The third-order valence-corrected chi connectivity index (χ3v) is 3.87. The van der Waals surface area contributed by atoms with Gasteiger partial charge in [-0.3, -0.25) is 0 Å². The van der Waals surface area contributed by atoms with Gasteiger partial charge >= 0.3 is 0 Å². The molecule has 0 bridgehead atoms. The highest BCUT2D eigenvalue weighted by molar-refractivity contribution is 5.34. The van der Waals surface area contributed by atoms with Gasteiger partial charge in [-0.05, 0) is 54.8 Å². The van der Waals surface area contributed by atoms with Crippen molar-refractivity contribution in [2.45, 2.75) is 52.5 Å². The maximum absolute atomic E-state index is 3.65. The summed E-state index contributed by atoms with van der Waals surface area (Å²) in [6.45, 7) is 7.78. The summed E-state index contributed by atoms with van der Waals surface area (Å²) in [7, 11) is 0. The first-order chi connectivity index (χ1) is 8.30. The zero-order valence-corrected chi connectivity index (χ0v) is 11.4. The van der Waals surface area contributed by atoms with Gasteiger partial charge in [0.2, 0.25) is 0 Å². The molecule has 1 aliphatic rings. The normalized spacial score (nSPS) is 17.1. The van der Waals surface area contributed by atoms with E-state index in [0.717, 1.165) is 25.3 Å². The second kappa shape index (κ2) is 5.68. The van der Waals surface area contributed by atoms with Crippen LogP contribution in [0.1, 0.15) is 56.3 Å². The van der Waals surface area contributed by atoms with Gasteiger partial charge in [0.1, 0.15) is 0 Å². The fourth-order valence-corrected chi connectivity index (χ4v) is 2.72. The molecule has 1 aromatic rings. The van der Waals surface area contributed by atoms with Crippen LogP contribution in [0.25, 0.3) is 0 Å². The van der Waals surface area contributed by atoms with Crippen molar-refractivity contribution < 1.29 is 0 Å². The van der Waals surface area contributed by atoms with E-state index in [2.05, 4.69) is 44.3 Å². The molecule has 1 fully saturated rings. The van der Waals surface area contributed by atoms with Crippen molar-refractivity contribution in [2.75, 3.05) is 6.54 Å². The summed E-state index contributed by atoms with van der Waals surface area (Å²) in [4.78, 5) is 0. The number of benzene rings is 1. The summed E-state index contributed by atoms with van der Waals surface area (Å²) < 4.78 is 0. The van der Waals surface area contributed by atoms with Gasteiger partial charge in [-0.2, -0.15) is 0 Å². The summed E-state index contributed by atoms with van der Waals surface area (Å²) in [6, 6.07) is 7.70. The van der Waals surface area contributed by atoms with Crippen LogP contribution in [0.2, 0.25) is 0 Å². The molecular formula is C16H25N. The maximum Gasteiger partial charge on any atom is 0.0348 e. The molecule has 0 amide bonds. The summed E-state index contributed by atoms with van der Waals surface area (Å²) in [5.74, 6) is 0.882. The summed E-state index contributed by atoms with van der Waals surface area (Å²) in [5, 5.41) is 3.65. The average molecular weight is 231 g/mol. The van der Waals surface area contributed by atoms with Crippen molar-refractivity contribution in [2.24, 2.45) is 5.92 Å². The first-order valence-corrected chi connectivity index (χ1v) is 7.15. The molecule has 1 nitrogen and oxygen atoms in total. The fraction of sp³-hybridized carbons (Fsp3) is 0.625. The molecule has 0 spiro atoms. The Morgan fingerprint density at radius 3 is 2.35 bits per heavy atom.